The number of halogens is 2. The van der Waals surface area contributed by atoms with Crippen LogP contribution in [0.1, 0.15) is 70.9 Å². The highest BCUT2D eigenvalue weighted by Gasteiger charge is 2.19. The summed E-state index contributed by atoms with van der Waals surface area (Å²) in [5, 5.41) is 8.91. The van der Waals surface area contributed by atoms with Crippen molar-refractivity contribution in [2.75, 3.05) is 0 Å². The minimum atomic E-state index is 0.167. The lowest BCUT2D eigenvalue weighted by molar-refractivity contribution is 0.632. The summed E-state index contributed by atoms with van der Waals surface area (Å²) in [6.07, 6.45) is 7.79. The SMILES string of the molecule is CCCCCCCc1ccc(C(Br)C(Br)c2ccc(C#N)cc2)cc1. The highest BCUT2D eigenvalue weighted by atomic mass is 79.9. The predicted molar refractivity (Wildman–Crippen MR) is 113 cm³/mol. The van der Waals surface area contributed by atoms with E-state index in [9.17, 15) is 0 Å². The maximum atomic E-state index is 8.91. The first-order valence-corrected chi connectivity index (χ1v) is 10.9. The van der Waals surface area contributed by atoms with Crippen LogP contribution in [0.3, 0.4) is 0 Å². The van der Waals surface area contributed by atoms with E-state index in [2.05, 4.69) is 69.1 Å². The summed E-state index contributed by atoms with van der Waals surface area (Å²) in [6.45, 7) is 2.25. The Labute approximate surface area is 168 Å². The lowest BCUT2D eigenvalue weighted by atomic mass is 10.00. The number of unbranched alkanes of at least 4 members (excludes halogenated alkanes) is 4. The molecule has 0 bridgehead atoms. The van der Waals surface area contributed by atoms with Gasteiger partial charge in [0, 0.05) is 0 Å². The lowest BCUT2D eigenvalue weighted by Gasteiger charge is -2.18. The van der Waals surface area contributed by atoms with Gasteiger partial charge in [0.1, 0.15) is 0 Å². The molecule has 0 aliphatic carbocycles. The molecule has 1 nitrogen and oxygen atoms in total. The third-order valence-corrected chi connectivity index (χ3v) is 7.31. The van der Waals surface area contributed by atoms with Gasteiger partial charge in [-0.1, -0.05) is 101 Å². The Morgan fingerprint density at radius 3 is 1.84 bits per heavy atom. The molecule has 2 aromatic rings. The summed E-state index contributed by atoms with van der Waals surface area (Å²) in [4.78, 5) is 0.360. The molecular weight excluding hydrogens is 438 g/mol. The van der Waals surface area contributed by atoms with E-state index in [1.807, 2.05) is 24.3 Å². The molecule has 0 amide bonds. The van der Waals surface area contributed by atoms with Gasteiger partial charge >= 0.3 is 0 Å². The van der Waals surface area contributed by atoms with Gasteiger partial charge in [0.2, 0.25) is 0 Å². The van der Waals surface area contributed by atoms with Crippen molar-refractivity contribution in [3.63, 3.8) is 0 Å². The summed E-state index contributed by atoms with van der Waals surface area (Å²) in [5.74, 6) is 0. The maximum absolute atomic E-state index is 8.91. The smallest absolute Gasteiger partial charge is 0.0991 e. The normalized spacial score (nSPS) is 13.2. The Bertz CT molecular complexity index is 671. The Kier molecular flexibility index (Phi) is 8.72. The first kappa shape index (κ1) is 20.2. The van der Waals surface area contributed by atoms with Crippen molar-refractivity contribution >= 4 is 31.9 Å². The van der Waals surface area contributed by atoms with E-state index in [0.717, 1.165) is 0 Å². The van der Waals surface area contributed by atoms with Crippen molar-refractivity contribution in [2.24, 2.45) is 0 Å². The van der Waals surface area contributed by atoms with Crippen molar-refractivity contribution in [2.45, 2.75) is 55.1 Å². The van der Waals surface area contributed by atoms with Crippen LogP contribution in [0.15, 0.2) is 48.5 Å². The van der Waals surface area contributed by atoms with Crippen molar-refractivity contribution < 1.29 is 0 Å². The number of hydrogen-bond acceptors (Lipinski definition) is 1. The minimum Gasteiger partial charge on any atom is -0.192 e. The molecule has 2 aromatic carbocycles. The van der Waals surface area contributed by atoms with Crippen LogP contribution in [0.25, 0.3) is 0 Å². The highest BCUT2D eigenvalue weighted by Crippen LogP contribution is 2.42. The number of nitrogens with zero attached hydrogens (tertiary/aromatic N) is 1. The average molecular weight is 463 g/mol. The van der Waals surface area contributed by atoms with Crippen molar-refractivity contribution in [1.82, 2.24) is 0 Å². The Balaban J connectivity index is 1.92. The summed E-state index contributed by atoms with van der Waals surface area (Å²) in [7, 11) is 0. The molecule has 2 unspecified atom stereocenters. The van der Waals surface area contributed by atoms with E-state index >= 15 is 0 Å². The highest BCUT2D eigenvalue weighted by molar-refractivity contribution is 9.12. The molecule has 0 saturated heterocycles. The zero-order chi connectivity index (χ0) is 18.1. The van der Waals surface area contributed by atoms with Crippen LogP contribution in [0.2, 0.25) is 0 Å². The zero-order valence-corrected chi connectivity index (χ0v) is 17.9. The summed E-state index contributed by atoms with van der Waals surface area (Å²) >= 11 is 7.61. The number of rotatable bonds is 9. The van der Waals surface area contributed by atoms with E-state index in [-0.39, 0.29) is 9.65 Å². The van der Waals surface area contributed by atoms with Crippen molar-refractivity contribution in [1.29, 1.82) is 5.26 Å². The van der Waals surface area contributed by atoms with Gasteiger partial charge in [0.15, 0.2) is 0 Å². The van der Waals surface area contributed by atoms with Crippen LogP contribution in [-0.4, -0.2) is 0 Å². The molecule has 0 aliphatic heterocycles. The molecular formula is C22H25Br2N. The van der Waals surface area contributed by atoms with Gasteiger partial charge < -0.3 is 0 Å². The summed E-state index contributed by atoms with van der Waals surface area (Å²) < 4.78 is 0. The Morgan fingerprint density at radius 1 is 0.800 bits per heavy atom. The van der Waals surface area contributed by atoms with E-state index in [4.69, 9.17) is 5.26 Å². The first-order chi connectivity index (χ1) is 12.2. The number of hydrogen-bond donors (Lipinski definition) is 0. The number of benzene rings is 2. The Hall–Kier alpha value is -1.11. The van der Waals surface area contributed by atoms with Gasteiger partial charge in [-0.2, -0.15) is 5.26 Å². The molecule has 25 heavy (non-hydrogen) atoms. The quantitative estimate of drug-likeness (QED) is 0.277. The van der Waals surface area contributed by atoms with Gasteiger partial charge in [0.25, 0.3) is 0 Å². The van der Waals surface area contributed by atoms with Gasteiger partial charge in [-0.05, 0) is 41.7 Å². The van der Waals surface area contributed by atoms with Gasteiger partial charge in [0.05, 0.1) is 21.3 Å². The Morgan fingerprint density at radius 2 is 1.32 bits per heavy atom. The standard InChI is InChI=1S/C22H25Br2N/c1-2-3-4-5-6-7-17-8-12-19(13-9-17)21(23)22(24)20-14-10-18(16-25)11-15-20/h8-15,21-22H,2-7H2,1H3. The molecule has 0 aromatic heterocycles. The van der Waals surface area contributed by atoms with Crippen LogP contribution in [0, 0.1) is 11.3 Å². The minimum absolute atomic E-state index is 0.167. The van der Waals surface area contributed by atoms with Gasteiger partial charge in [-0.3, -0.25) is 0 Å². The molecule has 0 heterocycles. The second kappa shape index (κ2) is 10.8. The van der Waals surface area contributed by atoms with E-state index in [1.165, 1.54) is 55.2 Å². The lowest BCUT2D eigenvalue weighted by Crippen LogP contribution is -2.00. The second-order valence-electron chi connectivity index (χ2n) is 6.44. The topological polar surface area (TPSA) is 23.8 Å². The number of alkyl halides is 2. The molecule has 0 aliphatic rings. The number of aryl methyl sites for hydroxylation is 1. The molecule has 0 saturated carbocycles. The third-order valence-electron chi connectivity index (χ3n) is 4.48. The molecule has 0 fully saturated rings. The van der Waals surface area contributed by atoms with Crippen LogP contribution in [0.5, 0.6) is 0 Å². The molecule has 0 N–H and O–H groups in total. The van der Waals surface area contributed by atoms with Gasteiger partial charge in [-0.25, -0.2) is 0 Å². The zero-order valence-electron chi connectivity index (χ0n) is 14.7. The molecule has 0 radical (unpaired) electrons. The summed E-state index contributed by atoms with van der Waals surface area (Å²) in [6, 6.07) is 18.9. The van der Waals surface area contributed by atoms with Crippen LogP contribution in [0.4, 0.5) is 0 Å². The third kappa shape index (κ3) is 6.28. The van der Waals surface area contributed by atoms with Crippen molar-refractivity contribution in [3.8, 4) is 6.07 Å². The first-order valence-electron chi connectivity index (χ1n) is 9.02. The van der Waals surface area contributed by atoms with E-state index in [1.54, 1.807) is 0 Å². The van der Waals surface area contributed by atoms with Crippen LogP contribution in [-0.2, 0) is 6.42 Å². The fourth-order valence-corrected chi connectivity index (χ4v) is 4.10. The second-order valence-corrected chi connectivity index (χ2v) is 8.42. The van der Waals surface area contributed by atoms with E-state index in [0.29, 0.717) is 5.56 Å². The molecule has 3 heteroatoms. The largest absolute Gasteiger partial charge is 0.192 e. The van der Waals surface area contributed by atoms with Crippen LogP contribution < -0.4 is 0 Å². The van der Waals surface area contributed by atoms with Crippen molar-refractivity contribution in [3.05, 3.63) is 70.8 Å². The maximum Gasteiger partial charge on any atom is 0.0991 e. The molecule has 0 spiro atoms. The average Bonchev–Trinajstić information content (AvgIpc) is 2.67. The monoisotopic (exact) mass is 461 g/mol. The van der Waals surface area contributed by atoms with Crippen LogP contribution >= 0.6 is 31.9 Å². The fraction of sp³-hybridized carbons (Fsp3) is 0.409. The molecule has 132 valence electrons. The van der Waals surface area contributed by atoms with E-state index < -0.39 is 0 Å². The predicted octanol–water partition coefficient (Wildman–Crippen LogP) is 7.64. The molecule has 2 atom stereocenters. The van der Waals surface area contributed by atoms with Gasteiger partial charge in [-0.15, -0.1) is 0 Å². The molecule has 2 rings (SSSR count). The summed E-state index contributed by atoms with van der Waals surface area (Å²) in [5.41, 5.74) is 4.55. The fourth-order valence-electron chi connectivity index (χ4n) is 2.88. The number of nitriles is 1.